The summed E-state index contributed by atoms with van der Waals surface area (Å²) in [4.78, 5) is 37.8. The average Bonchev–Trinajstić information content (AvgIpc) is 3.32. The van der Waals surface area contributed by atoms with Gasteiger partial charge >= 0.3 is 5.97 Å². The Morgan fingerprint density at radius 1 is 1.03 bits per heavy atom. The highest BCUT2D eigenvalue weighted by Crippen LogP contribution is 2.22. The normalized spacial score (nSPS) is 12.9. The van der Waals surface area contributed by atoms with Crippen molar-refractivity contribution in [2.45, 2.75) is 12.1 Å². The van der Waals surface area contributed by atoms with Crippen LogP contribution in [0, 0.1) is 6.92 Å². The van der Waals surface area contributed by atoms with E-state index in [2.05, 4.69) is 10.2 Å². The lowest BCUT2D eigenvalue weighted by Gasteiger charge is -2.13. The highest BCUT2D eigenvalue weighted by Gasteiger charge is 2.34. The van der Waals surface area contributed by atoms with Crippen molar-refractivity contribution in [3.8, 4) is 5.69 Å². The molecule has 0 atom stereocenters. The van der Waals surface area contributed by atoms with E-state index in [1.165, 1.54) is 11.8 Å². The van der Waals surface area contributed by atoms with E-state index in [0.717, 1.165) is 16.2 Å². The van der Waals surface area contributed by atoms with Crippen LogP contribution in [0.5, 0.6) is 0 Å². The Balaban J connectivity index is 1.28. The molecular formula is C21H18N4O4S. The summed E-state index contributed by atoms with van der Waals surface area (Å²) >= 11 is 1.20. The summed E-state index contributed by atoms with van der Waals surface area (Å²) in [5, 5.41) is 8.52. The molecule has 2 heterocycles. The van der Waals surface area contributed by atoms with E-state index >= 15 is 0 Å². The summed E-state index contributed by atoms with van der Waals surface area (Å²) < 4.78 is 6.98. The molecule has 0 saturated carbocycles. The van der Waals surface area contributed by atoms with Crippen molar-refractivity contribution >= 4 is 29.5 Å². The second-order valence-electron chi connectivity index (χ2n) is 6.64. The zero-order valence-electron chi connectivity index (χ0n) is 16.1. The monoisotopic (exact) mass is 422 g/mol. The number of rotatable bonds is 7. The number of amides is 2. The van der Waals surface area contributed by atoms with Crippen molar-refractivity contribution in [1.82, 2.24) is 19.7 Å². The number of hydrogen-bond donors (Lipinski definition) is 0. The molecule has 0 fully saturated rings. The zero-order valence-corrected chi connectivity index (χ0v) is 17.0. The predicted octanol–water partition coefficient (Wildman–Crippen LogP) is 2.51. The zero-order chi connectivity index (χ0) is 21.1. The third kappa shape index (κ3) is 3.97. The van der Waals surface area contributed by atoms with Gasteiger partial charge in [-0.1, -0.05) is 41.6 Å². The topological polar surface area (TPSA) is 94.4 Å². The van der Waals surface area contributed by atoms with Crippen molar-refractivity contribution in [2.24, 2.45) is 0 Å². The molecule has 2 amide bonds. The molecular weight excluding hydrogens is 404 g/mol. The van der Waals surface area contributed by atoms with Crippen molar-refractivity contribution < 1.29 is 19.1 Å². The second-order valence-corrected chi connectivity index (χ2v) is 7.58. The number of nitrogens with zero attached hydrogens (tertiary/aromatic N) is 4. The van der Waals surface area contributed by atoms with Crippen LogP contribution in [0.3, 0.4) is 0 Å². The number of thioether (sulfide) groups is 1. The van der Waals surface area contributed by atoms with Crippen LogP contribution in [0.1, 0.15) is 26.3 Å². The van der Waals surface area contributed by atoms with Gasteiger partial charge in [0.05, 0.1) is 23.4 Å². The number of hydrogen-bond acceptors (Lipinski definition) is 7. The van der Waals surface area contributed by atoms with Gasteiger partial charge in [-0.2, -0.15) is 0 Å². The Labute approximate surface area is 176 Å². The maximum atomic E-state index is 12.3. The lowest BCUT2D eigenvalue weighted by Crippen LogP contribution is -2.33. The maximum Gasteiger partial charge on any atom is 0.316 e. The van der Waals surface area contributed by atoms with Gasteiger partial charge in [-0.15, -0.1) is 10.2 Å². The summed E-state index contributed by atoms with van der Waals surface area (Å²) in [7, 11) is 0. The van der Waals surface area contributed by atoms with E-state index in [1.807, 2.05) is 31.2 Å². The van der Waals surface area contributed by atoms with E-state index in [1.54, 1.807) is 35.2 Å². The quantitative estimate of drug-likeness (QED) is 0.328. The summed E-state index contributed by atoms with van der Waals surface area (Å²) in [5.41, 5.74) is 2.79. The molecule has 9 heteroatoms. The highest BCUT2D eigenvalue weighted by atomic mass is 32.2. The van der Waals surface area contributed by atoms with Crippen LogP contribution in [0.25, 0.3) is 5.69 Å². The van der Waals surface area contributed by atoms with E-state index < -0.39 is 5.97 Å². The Bertz CT molecular complexity index is 1080. The molecule has 0 radical (unpaired) electrons. The van der Waals surface area contributed by atoms with Crippen molar-refractivity contribution in [2.75, 3.05) is 18.9 Å². The lowest BCUT2D eigenvalue weighted by molar-refractivity contribution is -0.140. The first-order valence-electron chi connectivity index (χ1n) is 9.25. The van der Waals surface area contributed by atoms with Crippen LogP contribution in [-0.4, -0.2) is 56.4 Å². The minimum absolute atomic E-state index is 0.0162. The number of esters is 1. The van der Waals surface area contributed by atoms with Crippen LogP contribution < -0.4 is 0 Å². The fourth-order valence-electron chi connectivity index (χ4n) is 3.06. The van der Waals surface area contributed by atoms with E-state index in [4.69, 9.17) is 4.74 Å². The van der Waals surface area contributed by atoms with Gasteiger partial charge in [0.2, 0.25) is 0 Å². The maximum absolute atomic E-state index is 12.3. The number of imide groups is 1. The summed E-state index contributed by atoms with van der Waals surface area (Å²) in [6, 6.07) is 14.5. The molecule has 1 aromatic heterocycles. The predicted molar refractivity (Wildman–Crippen MR) is 110 cm³/mol. The van der Waals surface area contributed by atoms with Crippen LogP contribution in [0.15, 0.2) is 60.0 Å². The number of aromatic nitrogens is 3. The molecule has 0 aliphatic carbocycles. The first-order chi connectivity index (χ1) is 14.5. The van der Waals surface area contributed by atoms with E-state index in [9.17, 15) is 14.4 Å². The summed E-state index contributed by atoms with van der Waals surface area (Å²) in [6.45, 7) is 1.96. The first kappa shape index (κ1) is 19.8. The molecule has 152 valence electrons. The Kier molecular flexibility index (Phi) is 5.62. The number of carbonyl (C=O) groups is 3. The molecule has 0 unspecified atom stereocenters. The van der Waals surface area contributed by atoms with Gasteiger partial charge in [0.25, 0.3) is 11.8 Å². The smallest absolute Gasteiger partial charge is 0.316 e. The van der Waals surface area contributed by atoms with Gasteiger partial charge in [-0.05, 0) is 31.2 Å². The molecule has 2 aromatic carbocycles. The minimum atomic E-state index is -0.463. The number of ether oxygens (including phenoxy) is 1. The van der Waals surface area contributed by atoms with Gasteiger partial charge in [0, 0.05) is 5.69 Å². The second kappa shape index (κ2) is 8.50. The standard InChI is InChI=1S/C21H18N4O4S/c1-14-6-8-15(9-7-14)25-13-22-23-21(25)30-12-18(26)29-11-10-24-19(27)16-4-2-3-5-17(16)20(24)28/h2-9,13H,10-12H2,1H3. The Hall–Kier alpha value is -3.46. The molecule has 0 saturated heterocycles. The first-order valence-corrected chi connectivity index (χ1v) is 10.2. The lowest BCUT2D eigenvalue weighted by atomic mass is 10.1. The van der Waals surface area contributed by atoms with Crippen molar-refractivity contribution in [1.29, 1.82) is 0 Å². The highest BCUT2D eigenvalue weighted by molar-refractivity contribution is 7.99. The minimum Gasteiger partial charge on any atom is -0.463 e. The number of aryl methyl sites for hydroxylation is 1. The Morgan fingerprint density at radius 3 is 2.37 bits per heavy atom. The van der Waals surface area contributed by atoms with Gasteiger partial charge in [-0.3, -0.25) is 23.9 Å². The molecule has 30 heavy (non-hydrogen) atoms. The fraction of sp³-hybridized carbons (Fsp3) is 0.190. The van der Waals surface area contributed by atoms with Crippen LogP contribution in [0.2, 0.25) is 0 Å². The van der Waals surface area contributed by atoms with Gasteiger partial charge in [0.15, 0.2) is 5.16 Å². The third-order valence-corrected chi connectivity index (χ3v) is 5.52. The van der Waals surface area contributed by atoms with E-state index in [0.29, 0.717) is 16.3 Å². The molecule has 0 N–H and O–H groups in total. The molecule has 3 aromatic rings. The summed E-state index contributed by atoms with van der Waals surface area (Å²) in [5.74, 6) is -1.17. The number of carbonyl (C=O) groups excluding carboxylic acids is 3. The molecule has 0 spiro atoms. The Morgan fingerprint density at radius 2 is 1.70 bits per heavy atom. The van der Waals surface area contributed by atoms with Crippen molar-refractivity contribution in [3.05, 3.63) is 71.5 Å². The van der Waals surface area contributed by atoms with Crippen LogP contribution in [-0.2, 0) is 9.53 Å². The molecule has 0 bridgehead atoms. The average molecular weight is 422 g/mol. The van der Waals surface area contributed by atoms with Gasteiger partial charge < -0.3 is 4.74 Å². The van der Waals surface area contributed by atoms with E-state index in [-0.39, 0.29) is 30.7 Å². The fourth-order valence-corrected chi connectivity index (χ4v) is 3.79. The number of fused-ring (bicyclic) bond motifs is 1. The SMILES string of the molecule is Cc1ccc(-n2cnnc2SCC(=O)OCCN2C(=O)c3ccccc3C2=O)cc1. The third-order valence-electron chi connectivity index (χ3n) is 4.60. The summed E-state index contributed by atoms with van der Waals surface area (Å²) in [6.07, 6.45) is 1.58. The van der Waals surface area contributed by atoms with Crippen LogP contribution >= 0.6 is 11.8 Å². The largest absolute Gasteiger partial charge is 0.463 e. The molecule has 8 nitrogen and oxygen atoms in total. The van der Waals surface area contributed by atoms with Gasteiger partial charge in [-0.25, -0.2) is 0 Å². The molecule has 4 rings (SSSR count). The van der Waals surface area contributed by atoms with Crippen LogP contribution in [0.4, 0.5) is 0 Å². The van der Waals surface area contributed by atoms with Crippen molar-refractivity contribution in [3.63, 3.8) is 0 Å². The number of benzene rings is 2. The molecule has 1 aliphatic rings. The molecule has 1 aliphatic heterocycles. The van der Waals surface area contributed by atoms with Gasteiger partial charge in [0.1, 0.15) is 12.9 Å².